The molecule has 0 saturated carbocycles. The zero-order valence-corrected chi connectivity index (χ0v) is 13.5. The van der Waals surface area contributed by atoms with E-state index in [0.717, 1.165) is 22.4 Å². The first kappa shape index (κ1) is 15.2. The third-order valence-electron chi connectivity index (χ3n) is 4.24. The fourth-order valence-corrected chi connectivity index (χ4v) is 2.65. The summed E-state index contributed by atoms with van der Waals surface area (Å²) in [6, 6.07) is 22.1. The van der Waals surface area contributed by atoms with E-state index >= 15 is 0 Å². The summed E-state index contributed by atoms with van der Waals surface area (Å²) in [4.78, 5) is 12.5. The van der Waals surface area contributed by atoms with Gasteiger partial charge in [-0.1, -0.05) is 54.6 Å². The molecule has 0 aliphatic heterocycles. The number of ketones is 1. The lowest BCUT2D eigenvalue weighted by Gasteiger charge is -2.05. The van der Waals surface area contributed by atoms with E-state index in [1.807, 2.05) is 66.2 Å². The van der Waals surface area contributed by atoms with Gasteiger partial charge in [-0.15, -0.1) is 0 Å². The summed E-state index contributed by atoms with van der Waals surface area (Å²) in [5.74, 6) is 0.128. The van der Waals surface area contributed by atoms with E-state index in [9.17, 15) is 4.79 Å². The molecule has 0 aliphatic carbocycles. The fourth-order valence-electron chi connectivity index (χ4n) is 2.65. The predicted molar refractivity (Wildman–Crippen MR) is 92.3 cm³/mol. The van der Waals surface area contributed by atoms with E-state index in [4.69, 9.17) is 0 Å². The smallest absolute Gasteiger partial charge is 0.227 e. The minimum atomic E-state index is 0.128. The molecule has 0 saturated heterocycles. The third kappa shape index (κ3) is 3.37. The minimum absolute atomic E-state index is 0.128. The van der Waals surface area contributed by atoms with Gasteiger partial charge in [0.25, 0.3) is 0 Å². The fraction of sp³-hybridized carbons (Fsp3) is 0.143. The van der Waals surface area contributed by atoms with Crippen LogP contribution in [0.5, 0.6) is 0 Å². The van der Waals surface area contributed by atoms with Gasteiger partial charge in [0.2, 0.25) is 12.3 Å². The number of benzene rings is 2. The molecule has 0 atom stereocenters. The van der Waals surface area contributed by atoms with Crippen molar-refractivity contribution in [2.45, 2.75) is 20.4 Å². The Hall–Kier alpha value is -2.74. The van der Waals surface area contributed by atoms with Gasteiger partial charge in [-0.3, -0.25) is 4.79 Å². The summed E-state index contributed by atoms with van der Waals surface area (Å²) in [6.45, 7) is 4.48. The van der Waals surface area contributed by atoms with E-state index < -0.39 is 0 Å². The van der Waals surface area contributed by atoms with E-state index in [1.165, 1.54) is 5.56 Å². The Morgan fingerprint density at radius 2 is 1.48 bits per heavy atom. The molecule has 1 aromatic heterocycles. The Bertz CT molecular complexity index is 820. The maximum atomic E-state index is 12.5. The van der Waals surface area contributed by atoms with Crippen LogP contribution < -0.4 is 4.57 Å². The summed E-state index contributed by atoms with van der Waals surface area (Å²) in [6.07, 6.45) is 1.96. The number of Topliss-reactive ketones (excluding diaryl/α,β-unsaturated/α-hetero) is 1. The second-order valence-corrected chi connectivity index (χ2v) is 5.77. The standard InChI is InChI=1S/C21H20NO/c1-16-7-6-14-22(17(16)2)15-21(23)20-12-10-19(11-13-20)18-8-4-3-5-9-18/h3-14H,15H2,1-2H3/q+1. The van der Waals surface area contributed by atoms with Gasteiger partial charge >= 0.3 is 0 Å². The third-order valence-corrected chi connectivity index (χ3v) is 4.24. The molecule has 2 heteroatoms. The number of rotatable bonds is 4. The maximum Gasteiger partial charge on any atom is 0.227 e. The number of nitrogens with zero attached hydrogens (tertiary/aromatic N) is 1. The summed E-state index contributed by atoms with van der Waals surface area (Å²) in [5.41, 5.74) is 5.36. The normalized spacial score (nSPS) is 10.5. The number of hydrogen-bond donors (Lipinski definition) is 0. The van der Waals surface area contributed by atoms with Crippen LogP contribution in [0, 0.1) is 13.8 Å². The lowest BCUT2D eigenvalue weighted by molar-refractivity contribution is -0.689. The minimum Gasteiger partial charge on any atom is -0.287 e. The quantitative estimate of drug-likeness (QED) is 0.524. The number of carbonyl (C=O) groups excluding carboxylic acids is 1. The van der Waals surface area contributed by atoms with Crippen LogP contribution in [0.25, 0.3) is 11.1 Å². The van der Waals surface area contributed by atoms with Gasteiger partial charge in [0.1, 0.15) is 0 Å². The van der Waals surface area contributed by atoms with Gasteiger partial charge < -0.3 is 0 Å². The average molecular weight is 302 g/mol. The van der Waals surface area contributed by atoms with Crippen LogP contribution in [0.2, 0.25) is 0 Å². The van der Waals surface area contributed by atoms with Gasteiger partial charge in [-0.2, -0.15) is 4.57 Å². The van der Waals surface area contributed by atoms with Crippen molar-refractivity contribution in [2.75, 3.05) is 0 Å². The lowest BCUT2D eigenvalue weighted by Crippen LogP contribution is -2.41. The first-order valence-corrected chi connectivity index (χ1v) is 7.79. The molecule has 0 N–H and O–H groups in total. The van der Waals surface area contributed by atoms with Crippen molar-refractivity contribution in [3.8, 4) is 11.1 Å². The highest BCUT2D eigenvalue weighted by molar-refractivity contribution is 5.95. The average Bonchev–Trinajstić information content (AvgIpc) is 2.60. The van der Waals surface area contributed by atoms with E-state index in [1.54, 1.807) is 0 Å². The van der Waals surface area contributed by atoms with E-state index in [2.05, 4.69) is 25.1 Å². The van der Waals surface area contributed by atoms with E-state index in [0.29, 0.717) is 6.54 Å². The van der Waals surface area contributed by atoms with Gasteiger partial charge in [-0.05, 0) is 24.1 Å². The molecule has 23 heavy (non-hydrogen) atoms. The molecule has 0 fully saturated rings. The monoisotopic (exact) mass is 302 g/mol. The van der Waals surface area contributed by atoms with Gasteiger partial charge in [-0.25, -0.2) is 0 Å². The molecule has 114 valence electrons. The first-order chi connectivity index (χ1) is 11.1. The molecule has 3 rings (SSSR count). The largest absolute Gasteiger partial charge is 0.287 e. The Morgan fingerprint density at radius 1 is 0.826 bits per heavy atom. The van der Waals surface area contributed by atoms with Gasteiger partial charge in [0.05, 0.1) is 0 Å². The van der Waals surface area contributed by atoms with Crippen molar-refractivity contribution in [3.63, 3.8) is 0 Å². The van der Waals surface area contributed by atoms with Crippen LogP contribution in [0.1, 0.15) is 21.6 Å². The van der Waals surface area contributed by atoms with Crippen LogP contribution in [-0.4, -0.2) is 5.78 Å². The second kappa shape index (κ2) is 6.57. The van der Waals surface area contributed by atoms with Crippen molar-refractivity contribution < 1.29 is 9.36 Å². The molecular weight excluding hydrogens is 282 g/mol. The van der Waals surface area contributed by atoms with Crippen molar-refractivity contribution in [2.24, 2.45) is 0 Å². The summed E-state index contributed by atoms with van der Waals surface area (Å²) < 4.78 is 2.00. The molecule has 0 spiro atoms. The highest BCUT2D eigenvalue weighted by Gasteiger charge is 2.15. The zero-order chi connectivity index (χ0) is 16.2. The molecule has 3 aromatic rings. The summed E-state index contributed by atoms with van der Waals surface area (Å²) in [5, 5.41) is 0. The molecule has 1 heterocycles. The molecular formula is C21H20NO+. The highest BCUT2D eigenvalue weighted by atomic mass is 16.1. The van der Waals surface area contributed by atoms with E-state index in [-0.39, 0.29) is 5.78 Å². The molecule has 2 aromatic carbocycles. The van der Waals surface area contributed by atoms with Gasteiger partial charge in [0, 0.05) is 24.1 Å². The Morgan fingerprint density at radius 3 is 2.17 bits per heavy atom. The van der Waals surface area contributed by atoms with Crippen molar-refractivity contribution in [1.29, 1.82) is 0 Å². The number of hydrogen-bond acceptors (Lipinski definition) is 1. The summed E-state index contributed by atoms with van der Waals surface area (Å²) in [7, 11) is 0. The Kier molecular flexibility index (Phi) is 4.33. The van der Waals surface area contributed by atoms with Crippen LogP contribution in [-0.2, 0) is 6.54 Å². The van der Waals surface area contributed by atoms with Crippen molar-refractivity contribution >= 4 is 5.78 Å². The van der Waals surface area contributed by atoms with Crippen LogP contribution in [0.3, 0.4) is 0 Å². The molecule has 2 nitrogen and oxygen atoms in total. The lowest BCUT2D eigenvalue weighted by atomic mass is 10.0. The number of aryl methyl sites for hydroxylation is 1. The number of pyridine rings is 1. The Balaban J connectivity index is 1.79. The molecule has 0 bridgehead atoms. The molecule has 0 unspecified atom stereocenters. The maximum absolute atomic E-state index is 12.5. The van der Waals surface area contributed by atoms with Gasteiger partial charge in [0.15, 0.2) is 11.9 Å². The SMILES string of the molecule is Cc1ccc[n+](CC(=O)c2ccc(-c3ccccc3)cc2)c1C. The van der Waals surface area contributed by atoms with Crippen LogP contribution in [0.15, 0.2) is 72.9 Å². The second-order valence-electron chi connectivity index (χ2n) is 5.77. The Labute approximate surface area is 137 Å². The number of aromatic nitrogens is 1. The molecule has 0 aliphatic rings. The topological polar surface area (TPSA) is 20.9 Å². The van der Waals surface area contributed by atoms with Crippen molar-refractivity contribution in [3.05, 3.63) is 89.7 Å². The highest BCUT2D eigenvalue weighted by Crippen LogP contribution is 2.19. The molecule has 0 radical (unpaired) electrons. The van der Waals surface area contributed by atoms with Crippen LogP contribution in [0.4, 0.5) is 0 Å². The number of carbonyl (C=O) groups is 1. The summed E-state index contributed by atoms with van der Waals surface area (Å²) >= 11 is 0. The first-order valence-electron chi connectivity index (χ1n) is 7.79. The zero-order valence-electron chi connectivity index (χ0n) is 13.5. The molecule has 0 amide bonds. The van der Waals surface area contributed by atoms with Crippen LogP contribution >= 0.6 is 0 Å². The predicted octanol–water partition coefficient (Wildman–Crippen LogP) is 4.14. The van der Waals surface area contributed by atoms with Crippen molar-refractivity contribution in [1.82, 2.24) is 0 Å².